The molecule has 0 spiro atoms. The van der Waals surface area contributed by atoms with Crippen molar-refractivity contribution in [2.24, 2.45) is 11.8 Å². The quantitative estimate of drug-likeness (QED) is 0.456. The molecule has 1 fully saturated rings. The third-order valence-corrected chi connectivity index (χ3v) is 2.47. The highest BCUT2D eigenvalue weighted by molar-refractivity contribution is 7.79. The van der Waals surface area contributed by atoms with Gasteiger partial charge < -0.3 is 4.55 Å². The van der Waals surface area contributed by atoms with Crippen molar-refractivity contribution in [3.05, 3.63) is 12.2 Å². The van der Waals surface area contributed by atoms with Crippen LogP contribution in [0.1, 0.15) is 13.3 Å². The highest BCUT2D eigenvalue weighted by Crippen LogP contribution is 2.39. The molecule has 3 atom stereocenters. The molecule has 0 amide bonds. The minimum absolute atomic E-state index is 0.342. The largest absolute Gasteiger partial charge is 0.772 e. The summed E-state index contributed by atoms with van der Waals surface area (Å²) in [6, 6.07) is 0. The maximum absolute atomic E-state index is 10.2. The van der Waals surface area contributed by atoms with E-state index >= 15 is 0 Å². The molecule has 1 aliphatic rings. The standard InChI is InChI=1S/C7H12O2S/c1-2-3-6-4-7(6)5-10(8)9/h2-3,6-7H,4-5H2,1H3,(H,8,9)/p-1/b3-2+/t6-,7-/m1/s1. The van der Waals surface area contributed by atoms with Gasteiger partial charge in [0.1, 0.15) is 0 Å². The van der Waals surface area contributed by atoms with Crippen LogP contribution in [0.5, 0.6) is 0 Å². The summed E-state index contributed by atoms with van der Waals surface area (Å²) < 4.78 is 20.4. The Morgan fingerprint density at radius 3 is 3.00 bits per heavy atom. The van der Waals surface area contributed by atoms with Crippen LogP contribution < -0.4 is 0 Å². The predicted octanol–water partition coefficient (Wildman–Crippen LogP) is 1.08. The van der Waals surface area contributed by atoms with Crippen LogP contribution in [0.2, 0.25) is 0 Å². The van der Waals surface area contributed by atoms with Gasteiger partial charge in [0.15, 0.2) is 0 Å². The summed E-state index contributed by atoms with van der Waals surface area (Å²) in [4.78, 5) is 0. The zero-order valence-corrected chi connectivity index (χ0v) is 6.76. The Morgan fingerprint density at radius 1 is 1.80 bits per heavy atom. The molecule has 0 aliphatic heterocycles. The molecule has 3 heteroatoms. The minimum Gasteiger partial charge on any atom is -0.772 e. The Kier molecular flexibility index (Phi) is 2.63. The molecular weight excluding hydrogens is 148 g/mol. The number of allylic oxidation sites excluding steroid dienone is 2. The lowest BCUT2D eigenvalue weighted by Gasteiger charge is -2.00. The number of hydrogen-bond acceptors (Lipinski definition) is 2. The predicted molar refractivity (Wildman–Crippen MR) is 40.2 cm³/mol. The third kappa shape index (κ3) is 2.23. The maximum Gasteiger partial charge on any atom is 0.0136 e. The Hall–Kier alpha value is -0.150. The van der Waals surface area contributed by atoms with E-state index in [-0.39, 0.29) is 0 Å². The van der Waals surface area contributed by atoms with Crippen LogP contribution in [0.3, 0.4) is 0 Å². The van der Waals surface area contributed by atoms with Crippen LogP contribution >= 0.6 is 0 Å². The molecule has 0 bridgehead atoms. The average Bonchev–Trinajstić information content (AvgIpc) is 2.47. The van der Waals surface area contributed by atoms with Gasteiger partial charge in [0, 0.05) is 5.75 Å². The molecule has 0 aromatic heterocycles. The van der Waals surface area contributed by atoms with Gasteiger partial charge in [0.25, 0.3) is 0 Å². The normalized spacial score (nSPS) is 34.6. The lowest BCUT2D eigenvalue weighted by molar-refractivity contribution is 0.533. The van der Waals surface area contributed by atoms with E-state index in [1.807, 2.05) is 13.0 Å². The first-order chi connectivity index (χ1) is 4.74. The first-order valence-electron chi connectivity index (χ1n) is 3.42. The minimum atomic E-state index is -1.84. The van der Waals surface area contributed by atoms with Crippen LogP contribution in [-0.4, -0.2) is 14.5 Å². The second-order valence-electron chi connectivity index (χ2n) is 2.66. The molecule has 10 heavy (non-hydrogen) atoms. The zero-order valence-electron chi connectivity index (χ0n) is 5.95. The Bertz CT molecular complexity index is 165. The second kappa shape index (κ2) is 3.30. The Balaban J connectivity index is 2.19. The highest BCUT2D eigenvalue weighted by Gasteiger charge is 2.33. The summed E-state index contributed by atoms with van der Waals surface area (Å²) in [7, 11) is 0. The fraction of sp³-hybridized carbons (Fsp3) is 0.714. The lowest BCUT2D eigenvalue weighted by Crippen LogP contribution is -1.97. The average molecular weight is 159 g/mol. The molecule has 1 saturated carbocycles. The molecule has 0 heterocycles. The third-order valence-electron chi connectivity index (χ3n) is 1.77. The molecule has 0 aromatic rings. The van der Waals surface area contributed by atoms with E-state index in [1.54, 1.807) is 0 Å². The van der Waals surface area contributed by atoms with E-state index < -0.39 is 11.1 Å². The number of hydrogen-bond donors (Lipinski definition) is 0. The fourth-order valence-electron chi connectivity index (χ4n) is 1.12. The first-order valence-corrected chi connectivity index (χ1v) is 4.67. The summed E-state index contributed by atoms with van der Waals surface area (Å²) >= 11 is -1.84. The van der Waals surface area contributed by atoms with Gasteiger partial charge >= 0.3 is 0 Å². The Labute approximate surface area is 63.6 Å². The van der Waals surface area contributed by atoms with Crippen molar-refractivity contribution in [3.8, 4) is 0 Å². The van der Waals surface area contributed by atoms with Gasteiger partial charge in [0.05, 0.1) is 0 Å². The summed E-state index contributed by atoms with van der Waals surface area (Å²) in [5, 5.41) is 0. The van der Waals surface area contributed by atoms with Crippen LogP contribution in [-0.2, 0) is 11.1 Å². The van der Waals surface area contributed by atoms with E-state index in [2.05, 4.69) is 6.08 Å². The van der Waals surface area contributed by atoms with Crippen molar-refractivity contribution in [3.63, 3.8) is 0 Å². The SMILES string of the molecule is C/C=C/[C@@H]1C[C@@H]1CS(=O)[O-]. The second-order valence-corrected chi connectivity index (χ2v) is 3.60. The summed E-state index contributed by atoms with van der Waals surface area (Å²) in [5.41, 5.74) is 0. The molecule has 0 aromatic carbocycles. The summed E-state index contributed by atoms with van der Waals surface area (Å²) in [6.07, 6.45) is 5.12. The number of rotatable bonds is 3. The molecule has 2 nitrogen and oxygen atoms in total. The molecule has 0 radical (unpaired) electrons. The van der Waals surface area contributed by atoms with Gasteiger partial charge in [0.2, 0.25) is 0 Å². The van der Waals surface area contributed by atoms with E-state index in [1.165, 1.54) is 0 Å². The van der Waals surface area contributed by atoms with E-state index in [4.69, 9.17) is 0 Å². The Morgan fingerprint density at radius 2 is 2.50 bits per heavy atom. The van der Waals surface area contributed by atoms with Crippen LogP contribution in [0.15, 0.2) is 12.2 Å². The summed E-state index contributed by atoms with van der Waals surface area (Å²) in [5.74, 6) is 1.30. The fourth-order valence-corrected chi connectivity index (χ4v) is 1.85. The first kappa shape index (κ1) is 7.95. The van der Waals surface area contributed by atoms with E-state index in [9.17, 15) is 8.76 Å². The maximum atomic E-state index is 10.2. The van der Waals surface area contributed by atoms with Gasteiger partial charge in [-0.05, 0) is 25.2 Å². The lowest BCUT2D eigenvalue weighted by atomic mass is 10.3. The van der Waals surface area contributed by atoms with Gasteiger partial charge in [-0.3, -0.25) is 4.21 Å². The van der Waals surface area contributed by atoms with Gasteiger partial charge in [-0.1, -0.05) is 23.2 Å². The molecule has 1 unspecified atom stereocenters. The van der Waals surface area contributed by atoms with Gasteiger partial charge in [-0.15, -0.1) is 0 Å². The molecular formula is C7H11O2S-. The zero-order chi connectivity index (χ0) is 7.56. The van der Waals surface area contributed by atoms with Gasteiger partial charge in [-0.25, -0.2) is 0 Å². The highest BCUT2D eigenvalue weighted by atomic mass is 32.2. The van der Waals surface area contributed by atoms with E-state index in [0.29, 0.717) is 17.6 Å². The van der Waals surface area contributed by atoms with Crippen molar-refractivity contribution in [1.82, 2.24) is 0 Å². The molecule has 1 aliphatic carbocycles. The molecule has 0 saturated heterocycles. The van der Waals surface area contributed by atoms with Gasteiger partial charge in [-0.2, -0.15) is 0 Å². The molecule has 1 rings (SSSR count). The van der Waals surface area contributed by atoms with Crippen molar-refractivity contribution in [2.45, 2.75) is 13.3 Å². The van der Waals surface area contributed by atoms with Crippen LogP contribution in [0, 0.1) is 11.8 Å². The van der Waals surface area contributed by atoms with Crippen LogP contribution in [0.4, 0.5) is 0 Å². The van der Waals surface area contributed by atoms with E-state index in [0.717, 1.165) is 6.42 Å². The molecule has 0 N–H and O–H groups in total. The van der Waals surface area contributed by atoms with Crippen molar-refractivity contribution < 1.29 is 8.76 Å². The van der Waals surface area contributed by atoms with Crippen molar-refractivity contribution in [2.75, 3.05) is 5.75 Å². The molecule has 58 valence electrons. The topological polar surface area (TPSA) is 40.1 Å². The summed E-state index contributed by atoms with van der Waals surface area (Å²) in [6.45, 7) is 1.96. The smallest absolute Gasteiger partial charge is 0.0136 e. The van der Waals surface area contributed by atoms with Crippen molar-refractivity contribution >= 4 is 11.1 Å². The van der Waals surface area contributed by atoms with Crippen LogP contribution in [0.25, 0.3) is 0 Å². The van der Waals surface area contributed by atoms with Crippen molar-refractivity contribution in [1.29, 1.82) is 0 Å². The monoisotopic (exact) mass is 159 g/mol.